The van der Waals surface area contributed by atoms with E-state index in [4.69, 9.17) is 0 Å². The van der Waals surface area contributed by atoms with E-state index in [9.17, 15) is 4.39 Å². The van der Waals surface area contributed by atoms with Gasteiger partial charge in [0.1, 0.15) is 5.82 Å². The molecule has 0 aliphatic carbocycles. The van der Waals surface area contributed by atoms with Crippen LogP contribution in [0.1, 0.15) is 45.6 Å². The summed E-state index contributed by atoms with van der Waals surface area (Å²) in [6.45, 7) is 10.3. The Kier molecular flexibility index (Phi) is 6.04. The minimum absolute atomic E-state index is 0.0756. The predicted molar refractivity (Wildman–Crippen MR) is 88.2 cm³/mol. The molecular formula is C18H29FN2. The summed E-state index contributed by atoms with van der Waals surface area (Å²) in [7, 11) is 0. The zero-order valence-electron chi connectivity index (χ0n) is 13.7. The van der Waals surface area contributed by atoms with Crippen LogP contribution in [-0.4, -0.2) is 19.6 Å². The molecule has 1 saturated heterocycles. The van der Waals surface area contributed by atoms with Gasteiger partial charge in [-0.3, -0.25) is 0 Å². The first-order valence-electron chi connectivity index (χ1n) is 8.36. The fraction of sp³-hybridized carbons (Fsp3) is 0.667. The third-order valence-corrected chi connectivity index (χ3v) is 4.67. The van der Waals surface area contributed by atoms with Gasteiger partial charge in [0.05, 0.1) is 5.69 Å². The number of nitrogens with zero attached hydrogens (tertiary/aromatic N) is 1. The highest BCUT2D eigenvalue weighted by atomic mass is 19.1. The monoisotopic (exact) mass is 292 g/mol. The van der Waals surface area contributed by atoms with Gasteiger partial charge in [0, 0.05) is 19.6 Å². The van der Waals surface area contributed by atoms with Crippen molar-refractivity contribution >= 4 is 5.69 Å². The minimum atomic E-state index is -0.0756. The lowest BCUT2D eigenvalue weighted by Gasteiger charge is -2.26. The average Bonchev–Trinajstić information content (AvgIpc) is 2.71. The van der Waals surface area contributed by atoms with Crippen LogP contribution in [0, 0.1) is 17.7 Å². The summed E-state index contributed by atoms with van der Waals surface area (Å²) < 4.78 is 14.4. The molecule has 118 valence electrons. The second-order valence-electron chi connectivity index (χ2n) is 6.45. The smallest absolute Gasteiger partial charge is 0.146 e. The molecule has 0 saturated carbocycles. The van der Waals surface area contributed by atoms with Crippen molar-refractivity contribution in [1.29, 1.82) is 0 Å². The maximum absolute atomic E-state index is 14.4. The summed E-state index contributed by atoms with van der Waals surface area (Å²) in [5, 5.41) is 3.32. The van der Waals surface area contributed by atoms with Gasteiger partial charge in [-0.05, 0) is 49.3 Å². The molecule has 1 fully saturated rings. The van der Waals surface area contributed by atoms with E-state index < -0.39 is 0 Å². The van der Waals surface area contributed by atoms with Crippen molar-refractivity contribution in [1.82, 2.24) is 5.32 Å². The van der Waals surface area contributed by atoms with E-state index in [0.29, 0.717) is 0 Å². The van der Waals surface area contributed by atoms with Crippen LogP contribution in [0.15, 0.2) is 18.2 Å². The number of hydrogen-bond acceptors (Lipinski definition) is 2. The summed E-state index contributed by atoms with van der Waals surface area (Å²) in [4.78, 5) is 2.27. The van der Waals surface area contributed by atoms with E-state index in [1.54, 1.807) is 6.07 Å². The van der Waals surface area contributed by atoms with Gasteiger partial charge >= 0.3 is 0 Å². The topological polar surface area (TPSA) is 15.3 Å². The van der Waals surface area contributed by atoms with Gasteiger partial charge in [-0.2, -0.15) is 0 Å². The van der Waals surface area contributed by atoms with E-state index >= 15 is 0 Å². The molecule has 1 aliphatic rings. The van der Waals surface area contributed by atoms with Crippen LogP contribution < -0.4 is 10.2 Å². The van der Waals surface area contributed by atoms with Gasteiger partial charge in [-0.15, -0.1) is 0 Å². The standard InChI is InChI=1S/C18H29FN2/c1-4-20-13-16-7-5-9-17(19)18(16)21-11-6-8-15(10-12-21)14(2)3/h5,7,9,14-15,20H,4,6,8,10-13H2,1-3H3. The zero-order chi connectivity index (χ0) is 15.2. The maximum atomic E-state index is 14.4. The summed E-state index contributed by atoms with van der Waals surface area (Å²) in [6.07, 6.45) is 3.61. The van der Waals surface area contributed by atoms with Gasteiger partial charge in [0.15, 0.2) is 0 Å². The first-order valence-corrected chi connectivity index (χ1v) is 8.36. The molecule has 1 atom stereocenters. The molecule has 3 heteroatoms. The van der Waals surface area contributed by atoms with Crippen LogP contribution in [0.3, 0.4) is 0 Å². The summed E-state index contributed by atoms with van der Waals surface area (Å²) in [6, 6.07) is 5.46. The summed E-state index contributed by atoms with van der Waals surface area (Å²) in [5.41, 5.74) is 1.91. The molecule has 21 heavy (non-hydrogen) atoms. The van der Waals surface area contributed by atoms with Crippen LogP contribution in [0.25, 0.3) is 0 Å². The molecule has 1 heterocycles. The minimum Gasteiger partial charge on any atom is -0.369 e. The largest absolute Gasteiger partial charge is 0.369 e. The predicted octanol–water partition coefficient (Wildman–Crippen LogP) is 4.20. The lowest BCUT2D eigenvalue weighted by molar-refractivity contribution is 0.351. The highest BCUT2D eigenvalue weighted by Gasteiger charge is 2.22. The number of benzene rings is 1. The Bertz CT molecular complexity index is 445. The fourth-order valence-corrected chi connectivity index (χ4v) is 3.33. The molecule has 0 bridgehead atoms. The Labute approximate surface area is 128 Å². The van der Waals surface area contributed by atoms with Gasteiger partial charge in [0.25, 0.3) is 0 Å². The van der Waals surface area contributed by atoms with Crippen LogP contribution in [0.2, 0.25) is 0 Å². The van der Waals surface area contributed by atoms with Crippen molar-refractivity contribution in [3.05, 3.63) is 29.6 Å². The first kappa shape index (κ1) is 16.3. The average molecular weight is 292 g/mol. The lowest BCUT2D eigenvalue weighted by atomic mass is 9.89. The Balaban J connectivity index is 2.16. The van der Waals surface area contributed by atoms with Gasteiger partial charge in [-0.25, -0.2) is 4.39 Å². The maximum Gasteiger partial charge on any atom is 0.146 e. The van der Waals surface area contributed by atoms with Gasteiger partial charge in [-0.1, -0.05) is 32.9 Å². The Morgan fingerprint density at radius 1 is 1.29 bits per heavy atom. The van der Waals surface area contributed by atoms with Crippen LogP contribution in [0.5, 0.6) is 0 Å². The van der Waals surface area contributed by atoms with Crippen molar-refractivity contribution in [2.75, 3.05) is 24.5 Å². The van der Waals surface area contributed by atoms with Gasteiger partial charge < -0.3 is 10.2 Å². The van der Waals surface area contributed by atoms with E-state index in [2.05, 4.69) is 31.0 Å². The number of anilines is 1. The third kappa shape index (κ3) is 4.19. The Morgan fingerprint density at radius 2 is 2.10 bits per heavy atom. The summed E-state index contributed by atoms with van der Waals surface area (Å²) >= 11 is 0. The highest BCUT2D eigenvalue weighted by molar-refractivity contribution is 5.55. The van der Waals surface area contributed by atoms with Crippen molar-refractivity contribution in [3.8, 4) is 0 Å². The van der Waals surface area contributed by atoms with Crippen molar-refractivity contribution in [2.24, 2.45) is 11.8 Å². The Morgan fingerprint density at radius 3 is 2.81 bits per heavy atom. The number of halogens is 1. The number of para-hydroxylation sites is 1. The third-order valence-electron chi connectivity index (χ3n) is 4.67. The number of hydrogen-bond donors (Lipinski definition) is 1. The molecule has 2 rings (SSSR count). The van der Waals surface area contributed by atoms with E-state index in [1.807, 2.05) is 12.1 Å². The normalized spacial score (nSPS) is 19.9. The molecule has 1 N–H and O–H groups in total. The molecule has 1 aromatic carbocycles. The lowest BCUT2D eigenvalue weighted by Crippen LogP contribution is -2.28. The second-order valence-corrected chi connectivity index (χ2v) is 6.45. The molecule has 1 unspecified atom stereocenters. The SMILES string of the molecule is CCNCc1cccc(F)c1N1CCCC(C(C)C)CC1. The van der Waals surface area contributed by atoms with E-state index in [-0.39, 0.29) is 5.82 Å². The zero-order valence-corrected chi connectivity index (χ0v) is 13.7. The van der Waals surface area contributed by atoms with Crippen molar-refractivity contribution in [2.45, 2.75) is 46.6 Å². The molecular weight excluding hydrogens is 263 g/mol. The van der Waals surface area contributed by atoms with E-state index in [1.165, 1.54) is 12.8 Å². The molecule has 1 aromatic rings. The quantitative estimate of drug-likeness (QED) is 0.875. The molecule has 0 spiro atoms. The molecule has 0 radical (unpaired) electrons. The van der Waals surface area contributed by atoms with Crippen molar-refractivity contribution < 1.29 is 4.39 Å². The molecule has 1 aliphatic heterocycles. The van der Waals surface area contributed by atoms with Crippen molar-refractivity contribution in [3.63, 3.8) is 0 Å². The number of nitrogens with one attached hydrogen (secondary N) is 1. The van der Waals surface area contributed by atoms with Gasteiger partial charge in [0.2, 0.25) is 0 Å². The molecule has 0 aromatic heterocycles. The fourth-order valence-electron chi connectivity index (χ4n) is 3.33. The second kappa shape index (κ2) is 7.79. The molecule has 2 nitrogen and oxygen atoms in total. The van der Waals surface area contributed by atoms with Crippen LogP contribution >= 0.6 is 0 Å². The number of rotatable bonds is 5. The van der Waals surface area contributed by atoms with Crippen LogP contribution in [0.4, 0.5) is 10.1 Å². The first-order chi connectivity index (χ1) is 10.1. The molecule has 0 amide bonds. The highest BCUT2D eigenvalue weighted by Crippen LogP contribution is 2.30. The Hall–Kier alpha value is -1.09. The van der Waals surface area contributed by atoms with E-state index in [0.717, 1.165) is 55.7 Å². The summed E-state index contributed by atoms with van der Waals surface area (Å²) in [5.74, 6) is 1.43. The van der Waals surface area contributed by atoms with Crippen LogP contribution in [-0.2, 0) is 6.54 Å².